The minimum atomic E-state index is 0.155. The summed E-state index contributed by atoms with van der Waals surface area (Å²) in [6.07, 6.45) is 5.32. The maximum absolute atomic E-state index is 12.6. The summed E-state index contributed by atoms with van der Waals surface area (Å²) in [4.78, 5) is 21.0. The molecule has 4 rings (SSSR count). The predicted octanol–water partition coefficient (Wildman–Crippen LogP) is 1.65. The zero-order valence-electron chi connectivity index (χ0n) is 13.4. The molecule has 23 heavy (non-hydrogen) atoms. The predicted molar refractivity (Wildman–Crippen MR) is 82.1 cm³/mol. The highest BCUT2D eigenvalue weighted by Gasteiger charge is 2.31. The van der Waals surface area contributed by atoms with E-state index in [1.165, 1.54) is 12.8 Å². The number of hydrogen-bond acceptors (Lipinski definition) is 5. The molecule has 1 aromatic heterocycles. The van der Waals surface area contributed by atoms with E-state index in [1.807, 2.05) is 9.80 Å². The van der Waals surface area contributed by atoms with E-state index >= 15 is 0 Å². The van der Waals surface area contributed by atoms with Crippen LogP contribution in [-0.2, 0) is 11.2 Å². The summed E-state index contributed by atoms with van der Waals surface area (Å²) in [6, 6.07) is 0.155. The molecule has 2 aliphatic heterocycles. The molecule has 0 unspecified atom stereocenters. The van der Waals surface area contributed by atoms with Gasteiger partial charge in [0.25, 0.3) is 0 Å². The first-order chi connectivity index (χ1) is 11.3. The monoisotopic (exact) mass is 320 g/mol. The van der Waals surface area contributed by atoms with Crippen molar-refractivity contribution in [2.45, 2.75) is 38.0 Å². The average molecular weight is 320 g/mol. The Morgan fingerprint density at radius 1 is 1.13 bits per heavy atom. The van der Waals surface area contributed by atoms with Gasteiger partial charge in [0.05, 0.1) is 13.2 Å². The summed E-state index contributed by atoms with van der Waals surface area (Å²) in [5.74, 6) is 2.55. The van der Waals surface area contributed by atoms with Gasteiger partial charge in [0.1, 0.15) is 0 Å². The number of piperidine rings is 1. The first-order valence-corrected chi connectivity index (χ1v) is 8.73. The van der Waals surface area contributed by atoms with Crippen molar-refractivity contribution in [2.75, 3.05) is 39.4 Å². The topological polar surface area (TPSA) is 71.7 Å². The van der Waals surface area contributed by atoms with Crippen LogP contribution in [-0.4, -0.2) is 65.4 Å². The van der Waals surface area contributed by atoms with Crippen molar-refractivity contribution in [1.82, 2.24) is 19.9 Å². The molecule has 3 heterocycles. The summed E-state index contributed by atoms with van der Waals surface area (Å²) in [6.45, 7) is 4.34. The summed E-state index contributed by atoms with van der Waals surface area (Å²) in [7, 11) is 0. The molecule has 3 aliphatic rings. The highest BCUT2D eigenvalue weighted by atomic mass is 16.5. The van der Waals surface area contributed by atoms with E-state index in [4.69, 9.17) is 9.26 Å². The van der Waals surface area contributed by atoms with Gasteiger partial charge in [-0.2, -0.15) is 4.98 Å². The van der Waals surface area contributed by atoms with Crippen molar-refractivity contribution < 1.29 is 14.1 Å². The van der Waals surface area contributed by atoms with Crippen LogP contribution in [0.3, 0.4) is 0 Å². The van der Waals surface area contributed by atoms with Crippen LogP contribution in [0.2, 0.25) is 0 Å². The number of amides is 2. The van der Waals surface area contributed by atoms with Crippen LogP contribution in [0.25, 0.3) is 0 Å². The SMILES string of the molecule is O=C(N1CCOCC1)N1CCC[C@H](Cc2nc(C3CC3)no2)C1. The molecule has 126 valence electrons. The Balaban J connectivity index is 1.33. The smallest absolute Gasteiger partial charge is 0.320 e. The third-order valence-electron chi connectivity index (χ3n) is 4.96. The third-order valence-corrected chi connectivity index (χ3v) is 4.96. The highest BCUT2D eigenvalue weighted by molar-refractivity contribution is 5.74. The van der Waals surface area contributed by atoms with Gasteiger partial charge in [-0.15, -0.1) is 0 Å². The summed E-state index contributed by atoms with van der Waals surface area (Å²) >= 11 is 0. The molecule has 2 saturated heterocycles. The number of nitrogens with zero attached hydrogens (tertiary/aromatic N) is 4. The molecule has 0 N–H and O–H groups in total. The molecule has 1 atom stereocenters. The van der Waals surface area contributed by atoms with Crippen LogP contribution in [0.15, 0.2) is 4.52 Å². The van der Waals surface area contributed by atoms with E-state index < -0.39 is 0 Å². The first-order valence-electron chi connectivity index (χ1n) is 8.73. The fourth-order valence-electron chi connectivity index (χ4n) is 3.47. The van der Waals surface area contributed by atoms with Gasteiger partial charge in [0, 0.05) is 38.5 Å². The zero-order chi connectivity index (χ0) is 15.6. The summed E-state index contributed by atoms with van der Waals surface area (Å²) in [5.41, 5.74) is 0. The Bertz CT molecular complexity index is 551. The number of urea groups is 1. The van der Waals surface area contributed by atoms with Crippen LogP contribution in [0.1, 0.15) is 43.3 Å². The highest BCUT2D eigenvalue weighted by Crippen LogP contribution is 2.38. The van der Waals surface area contributed by atoms with Crippen molar-refractivity contribution in [3.05, 3.63) is 11.7 Å². The lowest BCUT2D eigenvalue weighted by atomic mass is 9.95. The second kappa shape index (κ2) is 6.47. The second-order valence-corrected chi connectivity index (χ2v) is 6.86. The molecule has 7 heteroatoms. The Kier molecular flexibility index (Phi) is 4.20. The molecule has 2 amide bonds. The van der Waals surface area contributed by atoms with Crippen molar-refractivity contribution >= 4 is 6.03 Å². The molecular weight excluding hydrogens is 296 g/mol. The largest absolute Gasteiger partial charge is 0.378 e. The first kappa shape index (κ1) is 14.9. The van der Waals surface area contributed by atoms with Crippen molar-refractivity contribution in [1.29, 1.82) is 0 Å². The lowest BCUT2D eigenvalue weighted by molar-refractivity contribution is 0.0389. The molecule has 0 aromatic carbocycles. The minimum Gasteiger partial charge on any atom is -0.378 e. The van der Waals surface area contributed by atoms with E-state index in [0.717, 1.165) is 44.1 Å². The van der Waals surface area contributed by atoms with Crippen LogP contribution >= 0.6 is 0 Å². The Morgan fingerprint density at radius 3 is 2.74 bits per heavy atom. The number of carbonyl (C=O) groups is 1. The van der Waals surface area contributed by atoms with Crippen molar-refractivity contribution in [3.8, 4) is 0 Å². The van der Waals surface area contributed by atoms with Crippen LogP contribution in [0, 0.1) is 5.92 Å². The Labute approximate surface area is 136 Å². The van der Waals surface area contributed by atoms with Gasteiger partial charge in [-0.05, 0) is 31.6 Å². The number of ether oxygens (including phenoxy) is 1. The molecule has 0 bridgehead atoms. The van der Waals surface area contributed by atoms with E-state index in [1.54, 1.807) is 0 Å². The van der Waals surface area contributed by atoms with E-state index in [-0.39, 0.29) is 6.03 Å². The number of aromatic nitrogens is 2. The maximum Gasteiger partial charge on any atom is 0.320 e. The summed E-state index contributed by atoms with van der Waals surface area (Å²) < 4.78 is 10.7. The second-order valence-electron chi connectivity index (χ2n) is 6.86. The number of carbonyl (C=O) groups excluding carboxylic acids is 1. The average Bonchev–Trinajstić information content (AvgIpc) is 3.35. The van der Waals surface area contributed by atoms with Gasteiger partial charge in [-0.3, -0.25) is 0 Å². The van der Waals surface area contributed by atoms with E-state index in [0.29, 0.717) is 38.1 Å². The van der Waals surface area contributed by atoms with Gasteiger partial charge in [0.15, 0.2) is 5.82 Å². The van der Waals surface area contributed by atoms with Crippen molar-refractivity contribution in [2.24, 2.45) is 5.92 Å². The van der Waals surface area contributed by atoms with E-state index in [9.17, 15) is 4.79 Å². The lowest BCUT2D eigenvalue weighted by Crippen LogP contribution is -2.51. The quantitative estimate of drug-likeness (QED) is 0.847. The fraction of sp³-hybridized carbons (Fsp3) is 0.812. The van der Waals surface area contributed by atoms with Crippen LogP contribution in [0.4, 0.5) is 4.79 Å². The molecule has 1 aromatic rings. The molecule has 0 radical (unpaired) electrons. The standard InChI is InChI=1S/C16H24N4O3/c21-16(19-6-8-22-9-7-19)20-5-1-2-12(11-20)10-14-17-15(18-23-14)13-3-4-13/h12-13H,1-11H2/t12-/m1/s1. The van der Waals surface area contributed by atoms with Crippen molar-refractivity contribution in [3.63, 3.8) is 0 Å². The third kappa shape index (κ3) is 3.49. The van der Waals surface area contributed by atoms with Crippen LogP contribution < -0.4 is 0 Å². The number of rotatable bonds is 3. The number of hydrogen-bond donors (Lipinski definition) is 0. The van der Waals surface area contributed by atoms with Gasteiger partial charge in [-0.25, -0.2) is 4.79 Å². The number of likely N-dealkylation sites (tertiary alicyclic amines) is 1. The van der Waals surface area contributed by atoms with Gasteiger partial charge < -0.3 is 19.1 Å². The van der Waals surface area contributed by atoms with Crippen LogP contribution in [0.5, 0.6) is 0 Å². The molecular formula is C16H24N4O3. The lowest BCUT2D eigenvalue weighted by Gasteiger charge is -2.37. The van der Waals surface area contributed by atoms with Gasteiger partial charge >= 0.3 is 6.03 Å². The van der Waals surface area contributed by atoms with E-state index in [2.05, 4.69) is 10.1 Å². The minimum absolute atomic E-state index is 0.155. The van der Waals surface area contributed by atoms with Gasteiger partial charge in [0.2, 0.25) is 5.89 Å². The normalized spacial score (nSPS) is 25.7. The molecule has 1 saturated carbocycles. The Morgan fingerprint density at radius 2 is 1.96 bits per heavy atom. The molecule has 7 nitrogen and oxygen atoms in total. The zero-order valence-corrected chi connectivity index (χ0v) is 13.4. The molecule has 0 spiro atoms. The van der Waals surface area contributed by atoms with Gasteiger partial charge in [-0.1, -0.05) is 5.16 Å². The summed E-state index contributed by atoms with van der Waals surface area (Å²) in [5, 5.41) is 4.08. The molecule has 3 fully saturated rings. The molecule has 1 aliphatic carbocycles. The fourth-order valence-corrected chi connectivity index (χ4v) is 3.47. The Hall–Kier alpha value is -1.63. The number of morpholine rings is 1. The maximum atomic E-state index is 12.6.